The molecule has 2 aromatic heterocycles. The number of nitrogen functional groups attached to an aromatic ring is 1. The fraction of sp³-hybridized carbons (Fsp3) is 0.500. The summed E-state index contributed by atoms with van der Waals surface area (Å²) in [6.45, 7) is 2.13. The van der Waals surface area contributed by atoms with Crippen molar-refractivity contribution < 1.29 is 4.74 Å². The molecule has 1 unspecified atom stereocenters. The number of anilines is 3. The predicted molar refractivity (Wildman–Crippen MR) is 118 cm³/mol. The second-order valence-corrected chi connectivity index (χ2v) is 8.31. The zero-order chi connectivity index (χ0) is 20.3. The number of hydrogen-bond acceptors (Lipinski definition) is 7. The van der Waals surface area contributed by atoms with Crippen molar-refractivity contribution in [3.8, 4) is 0 Å². The molecule has 1 aliphatic heterocycles. The number of nitrogens with zero attached hydrogens (tertiary/aromatic N) is 4. The lowest BCUT2D eigenvalue weighted by Crippen LogP contribution is -2.24. The van der Waals surface area contributed by atoms with E-state index < -0.39 is 0 Å². The minimum absolute atomic E-state index is 0.275. The number of aromatic nitrogens is 4. The summed E-state index contributed by atoms with van der Waals surface area (Å²) in [7, 11) is 0. The van der Waals surface area contributed by atoms with Crippen LogP contribution in [0.3, 0.4) is 0 Å². The first-order valence-electron chi connectivity index (χ1n) is 10.9. The molecule has 1 saturated carbocycles. The summed E-state index contributed by atoms with van der Waals surface area (Å²) in [6, 6.07) is 8.59. The van der Waals surface area contributed by atoms with Gasteiger partial charge in [-0.05, 0) is 37.0 Å². The van der Waals surface area contributed by atoms with Crippen LogP contribution in [0.4, 0.5) is 17.5 Å². The molecular weight excluding hydrogens is 378 g/mol. The second kappa shape index (κ2) is 8.47. The first kappa shape index (κ1) is 19.1. The van der Waals surface area contributed by atoms with E-state index in [0.29, 0.717) is 25.1 Å². The van der Waals surface area contributed by atoms with Crippen molar-refractivity contribution in [2.75, 3.05) is 29.6 Å². The number of fused-ring (bicyclic) bond motifs is 1. The number of nitrogens with two attached hydrogens (primary N) is 1. The Balaban J connectivity index is 1.45. The van der Waals surface area contributed by atoms with Crippen LogP contribution in [0.5, 0.6) is 0 Å². The van der Waals surface area contributed by atoms with E-state index in [2.05, 4.69) is 20.2 Å². The summed E-state index contributed by atoms with van der Waals surface area (Å²) >= 11 is 0. The van der Waals surface area contributed by atoms with Crippen LogP contribution in [0.25, 0.3) is 11.2 Å². The number of nitrogens with one attached hydrogen (secondary N) is 2. The molecule has 5 rings (SSSR count). The van der Waals surface area contributed by atoms with Crippen LogP contribution in [-0.4, -0.2) is 38.8 Å². The molecule has 1 saturated heterocycles. The Bertz CT molecular complexity index is 989. The molecule has 2 fully saturated rings. The number of benzene rings is 1. The first-order chi connectivity index (χ1) is 14.8. The van der Waals surface area contributed by atoms with E-state index in [1.165, 1.54) is 32.1 Å². The van der Waals surface area contributed by atoms with E-state index in [4.69, 9.17) is 20.4 Å². The van der Waals surface area contributed by atoms with Crippen LogP contribution in [0.15, 0.2) is 30.6 Å². The molecule has 1 aliphatic carbocycles. The third kappa shape index (κ3) is 4.05. The number of ether oxygens (including phenoxy) is 1. The largest absolute Gasteiger partial charge is 0.399 e. The molecule has 0 bridgehead atoms. The highest BCUT2D eigenvalue weighted by Crippen LogP contribution is 2.28. The Morgan fingerprint density at radius 1 is 1.07 bits per heavy atom. The zero-order valence-corrected chi connectivity index (χ0v) is 17.2. The number of hydrogen-bond donors (Lipinski definition) is 3. The van der Waals surface area contributed by atoms with Gasteiger partial charge in [0.1, 0.15) is 0 Å². The average Bonchev–Trinajstić information content (AvgIpc) is 3.43. The van der Waals surface area contributed by atoms with Crippen molar-refractivity contribution in [1.82, 2.24) is 19.5 Å². The highest BCUT2D eigenvalue weighted by Gasteiger charge is 2.23. The molecule has 8 heteroatoms. The highest BCUT2D eigenvalue weighted by molar-refractivity contribution is 5.84. The Kier molecular flexibility index (Phi) is 5.40. The van der Waals surface area contributed by atoms with Gasteiger partial charge in [-0.25, -0.2) is 4.98 Å². The van der Waals surface area contributed by atoms with Crippen LogP contribution in [0.2, 0.25) is 0 Å². The summed E-state index contributed by atoms with van der Waals surface area (Å²) in [5, 5.41) is 7.04. The molecule has 30 heavy (non-hydrogen) atoms. The predicted octanol–water partition coefficient (Wildman–Crippen LogP) is 3.73. The second-order valence-electron chi connectivity index (χ2n) is 8.31. The summed E-state index contributed by atoms with van der Waals surface area (Å²) < 4.78 is 7.74. The highest BCUT2D eigenvalue weighted by atomic mass is 16.5. The van der Waals surface area contributed by atoms with Crippen LogP contribution in [0, 0.1) is 0 Å². The molecule has 2 aliphatic rings. The first-order valence-corrected chi connectivity index (χ1v) is 10.9. The van der Waals surface area contributed by atoms with Gasteiger partial charge in [-0.1, -0.05) is 31.4 Å². The third-order valence-electron chi connectivity index (χ3n) is 6.10. The van der Waals surface area contributed by atoms with Gasteiger partial charge in [0.25, 0.3) is 0 Å². The monoisotopic (exact) mass is 407 g/mol. The lowest BCUT2D eigenvalue weighted by molar-refractivity contribution is 0.187. The van der Waals surface area contributed by atoms with Crippen molar-refractivity contribution in [2.45, 2.75) is 57.2 Å². The maximum atomic E-state index is 5.81. The van der Waals surface area contributed by atoms with Crippen molar-refractivity contribution in [1.29, 1.82) is 0 Å². The Labute approximate surface area is 176 Å². The van der Waals surface area contributed by atoms with Gasteiger partial charge in [-0.15, -0.1) is 0 Å². The van der Waals surface area contributed by atoms with Crippen molar-refractivity contribution >= 4 is 28.6 Å². The summed E-state index contributed by atoms with van der Waals surface area (Å²) in [6.07, 6.45) is 9.04. The van der Waals surface area contributed by atoms with Crippen molar-refractivity contribution in [3.63, 3.8) is 0 Å². The molecule has 4 N–H and O–H groups in total. The standard InChI is InChI=1S/C22H29N7O/c23-16-8-6-15(7-9-16)12-24-20-19-21(29(14-25-19)18-10-11-30-13-18)28-22(27-20)26-17-4-2-1-3-5-17/h6-9,14,17-18H,1-5,10-13,23H2,(H2,24,26,27,28). The normalized spacial score (nSPS) is 19.9. The van der Waals surface area contributed by atoms with E-state index in [-0.39, 0.29) is 6.04 Å². The van der Waals surface area contributed by atoms with Gasteiger partial charge in [0.05, 0.1) is 19.0 Å². The zero-order valence-electron chi connectivity index (χ0n) is 17.2. The van der Waals surface area contributed by atoms with Gasteiger partial charge >= 0.3 is 0 Å². The third-order valence-corrected chi connectivity index (χ3v) is 6.10. The molecule has 0 amide bonds. The molecule has 3 heterocycles. The molecule has 8 nitrogen and oxygen atoms in total. The van der Waals surface area contributed by atoms with Crippen LogP contribution < -0.4 is 16.4 Å². The minimum atomic E-state index is 0.275. The topological polar surface area (TPSA) is 103 Å². The molecule has 0 radical (unpaired) electrons. The fourth-order valence-electron chi connectivity index (χ4n) is 4.36. The van der Waals surface area contributed by atoms with Gasteiger partial charge in [0.2, 0.25) is 5.95 Å². The Morgan fingerprint density at radius 2 is 1.90 bits per heavy atom. The smallest absolute Gasteiger partial charge is 0.227 e. The van der Waals surface area contributed by atoms with Gasteiger partial charge in [0.15, 0.2) is 17.0 Å². The summed E-state index contributed by atoms with van der Waals surface area (Å²) in [5.41, 5.74) is 9.37. The summed E-state index contributed by atoms with van der Waals surface area (Å²) in [4.78, 5) is 14.3. The quantitative estimate of drug-likeness (QED) is 0.535. The van der Waals surface area contributed by atoms with E-state index in [1.807, 2.05) is 30.6 Å². The molecule has 158 valence electrons. The van der Waals surface area contributed by atoms with E-state index in [9.17, 15) is 0 Å². The van der Waals surface area contributed by atoms with Crippen LogP contribution in [-0.2, 0) is 11.3 Å². The van der Waals surface area contributed by atoms with Gasteiger partial charge in [-0.3, -0.25) is 0 Å². The van der Waals surface area contributed by atoms with E-state index >= 15 is 0 Å². The lowest BCUT2D eigenvalue weighted by atomic mass is 9.96. The fourth-order valence-corrected chi connectivity index (χ4v) is 4.36. The Hall–Kier alpha value is -2.87. The number of rotatable bonds is 6. The van der Waals surface area contributed by atoms with Gasteiger partial charge in [0, 0.05) is 24.9 Å². The molecule has 1 atom stereocenters. The van der Waals surface area contributed by atoms with Crippen LogP contribution >= 0.6 is 0 Å². The van der Waals surface area contributed by atoms with Crippen LogP contribution in [0.1, 0.15) is 50.1 Å². The molecule has 1 aromatic carbocycles. The lowest BCUT2D eigenvalue weighted by Gasteiger charge is -2.23. The molecular formula is C22H29N7O. The summed E-state index contributed by atoms with van der Waals surface area (Å²) in [5.74, 6) is 1.43. The maximum Gasteiger partial charge on any atom is 0.227 e. The van der Waals surface area contributed by atoms with E-state index in [1.54, 1.807) is 0 Å². The van der Waals surface area contributed by atoms with Gasteiger partial charge in [-0.2, -0.15) is 9.97 Å². The SMILES string of the molecule is Nc1ccc(CNc2nc(NC3CCCCC3)nc3c2ncn3C2CCOC2)cc1. The molecule has 0 spiro atoms. The number of imidazole rings is 1. The molecule has 3 aromatic rings. The van der Waals surface area contributed by atoms with E-state index in [0.717, 1.165) is 41.3 Å². The van der Waals surface area contributed by atoms with Crippen molar-refractivity contribution in [2.24, 2.45) is 0 Å². The maximum absolute atomic E-state index is 5.81. The van der Waals surface area contributed by atoms with Crippen molar-refractivity contribution in [3.05, 3.63) is 36.2 Å². The Morgan fingerprint density at radius 3 is 2.67 bits per heavy atom. The minimum Gasteiger partial charge on any atom is -0.399 e. The van der Waals surface area contributed by atoms with Gasteiger partial charge < -0.3 is 25.7 Å². The average molecular weight is 408 g/mol.